The van der Waals surface area contributed by atoms with Gasteiger partial charge in [0.05, 0.1) is 12.0 Å². The van der Waals surface area contributed by atoms with Crippen LogP contribution in [0.1, 0.15) is 47.8 Å². The third-order valence-electron chi connectivity index (χ3n) is 2.76. The van der Waals surface area contributed by atoms with Gasteiger partial charge in [0.25, 0.3) is 6.43 Å². The molecule has 0 aliphatic carbocycles. The van der Waals surface area contributed by atoms with Crippen molar-refractivity contribution in [1.29, 1.82) is 0 Å². The number of nitrogens with zero attached hydrogens (tertiary/aromatic N) is 1. The van der Waals surface area contributed by atoms with Crippen molar-refractivity contribution in [3.05, 3.63) is 17.3 Å². The molecule has 94 valence electrons. The monoisotopic (exact) mass is 247 g/mol. The average molecular weight is 247 g/mol. The molecule has 5 nitrogen and oxygen atoms in total. The molecule has 1 fully saturated rings. The van der Waals surface area contributed by atoms with Crippen molar-refractivity contribution >= 4 is 5.97 Å². The van der Waals surface area contributed by atoms with Crippen LogP contribution >= 0.6 is 0 Å². The molecule has 2 unspecified atom stereocenters. The minimum atomic E-state index is -2.96. The number of carboxylic acids is 1. The summed E-state index contributed by atoms with van der Waals surface area (Å²) in [5.74, 6) is -2.57. The number of halogens is 2. The molecule has 0 aromatic carbocycles. The fraction of sp³-hybridized carbons (Fsp3) is 0.600. The van der Waals surface area contributed by atoms with Crippen LogP contribution in [0.25, 0.3) is 0 Å². The first-order valence-electron chi connectivity index (χ1n) is 5.14. The van der Waals surface area contributed by atoms with Crippen LogP contribution in [0.5, 0.6) is 0 Å². The van der Waals surface area contributed by atoms with E-state index in [1.165, 1.54) is 0 Å². The van der Waals surface area contributed by atoms with E-state index in [0.29, 0.717) is 13.0 Å². The Balaban J connectivity index is 2.36. The van der Waals surface area contributed by atoms with E-state index in [1.54, 1.807) is 6.92 Å². The normalized spacial score (nSPS) is 24.5. The minimum Gasteiger partial charge on any atom is -0.475 e. The number of hydrogen-bond donors (Lipinski definition) is 1. The van der Waals surface area contributed by atoms with Gasteiger partial charge in [0.1, 0.15) is 0 Å². The molecule has 2 atom stereocenters. The van der Waals surface area contributed by atoms with Crippen LogP contribution in [0.15, 0.2) is 4.42 Å². The fourth-order valence-electron chi connectivity index (χ4n) is 1.86. The van der Waals surface area contributed by atoms with E-state index in [1.807, 2.05) is 0 Å². The van der Waals surface area contributed by atoms with Crippen molar-refractivity contribution in [3.8, 4) is 0 Å². The number of carbonyl (C=O) groups is 1. The van der Waals surface area contributed by atoms with Crippen LogP contribution in [-0.2, 0) is 4.74 Å². The van der Waals surface area contributed by atoms with Crippen LogP contribution in [0.2, 0.25) is 0 Å². The number of alkyl halides is 2. The largest absolute Gasteiger partial charge is 0.475 e. The van der Waals surface area contributed by atoms with Gasteiger partial charge in [-0.1, -0.05) is 0 Å². The van der Waals surface area contributed by atoms with Crippen LogP contribution < -0.4 is 0 Å². The lowest BCUT2D eigenvalue weighted by Gasteiger charge is -2.08. The third-order valence-corrected chi connectivity index (χ3v) is 2.76. The second-order valence-electron chi connectivity index (χ2n) is 3.84. The molecule has 2 rings (SSSR count). The standard InChI is InChI=1S/C10H11F2NO4/c1-4-5(2-3-16-4)9-13-6(8(11)12)7(17-9)10(14)15/h4-5,8H,2-3H2,1H3,(H,14,15). The molecule has 1 aliphatic rings. The SMILES string of the molecule is CC1OCCC1c1nc(C(F)F)c(C(=O)O)o1. The summed E-state index contributed by atoms with van der Waals surface area (Å²) in [6.45, 7) is 2.25. The Kier molecular flexibility index (Phi) is 3.10. The van der Waals surface area contributed by atoms with Crippen molar-refractivity contribution in [1.82, 2.24) is 4.98 Å². The quantitative estimate of drug-likeness (QED) is 0.886. The van der Waals surface area contributed by atoms with Crippen molar-refractivity contribution in [3.63, 3.8) is 0 Å². The van der Waals surface area contributed by atoms with Crippen molar-refractivity contribution < 1.29 is 27.8 Å². The van der Waals surface area contributed by atoms with Gasteiger partial charge in [-0.3, -0.25) is 0 Å². The zero-order valence-corrected chi connectivity index (χ0v) is 9.02. The van der Waals surface area contributed by atoms with Gasteiger partial charge in [-0.15, -0.1) is 0 Å². The first-order valence-corrected chi connectivity index (χ1v) is 5.14. The molecule has 1 saturated heterocycles. The van der Waals surface area contributed by atoms with Crippen LogP contribution in [-0.4, -0.2) is 28.8 Å². The molecule has 0 bridgehead atoms. The Hall–Kier alpha value is -1.50. The Morgan fingerprint density at radius 3 is 2.71 bits per heavy atom. The number of hydrogen-bond acceptors (Lipinski definition) is 4. The lowest BCUT2D eigenvalue weighted by Crippen LogP contribution is -2.09. The third kappa shape index (κ3) is 2.14. The van der Waals surface area contributed by atoms with Gasteiger partial charge in [-0.05, 0) is 13.3 Å². The van der Waals surface area contributed by atoms with E-state index in [2.05, 4.69) is 4.98 Å². The average Bonchev–Trinajstić information content (AvgIpc) is 2.82. The highest BCUT2D eigenvalue weighted by Gasteiger charge is 2.34. The van der Waals surface area contributed by atoms with Gasteiger partial charge in [0.15, 0.2) is 5.69 Å². The Morgan fingerprint density at radius 1 is 1.59 bits per heavy atom. The molecule has 0 radical (unpaired) electrons. The Morgan fingerprint density at radius 2 is 2.29 bits per heavy atom. The number of oxazole rings is 1. The summed E-state index contributed by atoms with van der Waals surface area (Å²) in [5.41, 5.74) is -0.813. The van der Waals surface area contributed by atoms with Crippen molar-refractivity contribution in [2.45, 2.75) is 31.8 Å². The molecular weight excluding hydrogens is 236 g/mol. The smallest absolute Gasteiger partial charge is 0.374 e. The minimum absolute atomic E-state index is 0.0164. The van der Waals surface area contributed by atoms with Gasteiger partial charge in [-0.25, -0.2) is 18.6 Å². The van der Waals surface area contributed by atoms with Crippen LogP contribution in [0.4, 0.5) is 8.78 Å². The summed E-state index contributed by atoms with van der Waals surface area (Å²) >= 11 is 0. The van der Waals surface area contributed by atoms with Crippen molar-refractivity contribution in [2.24, 2.45) is 0 Å². The molecular formula is C10H11F2NO4. The highest BCUT2D eigenvalue weighted by atomic mass is 19.3. The molecule has 7 heteroatoms. The molecule has 2 heterocycles. The number of ether oxygens (including phenoxy) is 1. The first-order chi connectivity index (χ1) is 8.00. The number of carboxylic acid groups (broad SMARTS) is 1. The maximum atomic E-state index is 12.6. The van der Waals surface area contributed by atoms with E-state index in [4.69, 9.17) is 14.3 Å². The summed E-state index contributed by atoms with van der Waals surface area (Å²) in [6, 6.07) is 0. The summed E-state index contributed by atoms with van der Waals surface area (Å²) in [4.78, 5) is 14.3. The van der Waals surface area contributed by atoms with E-state index in [-0.39, 0.29) is 17.9 Å². The summed E-state index contributed by atoms with van der Waals surface area (Å²) < 4.78 is 35.3. The second kappa shape index (κ2) is 4.40. The molecule has 0 saturated carbocycles. The molecule has 0 amide bonds. The lowest BCUT2D eigenvalue weighted by molar-refractivity contribution is 0.0641. The van der Waals surface area contributed by atoms with Crippen LogP contribution in [0.3, 0.4) is 0 Å². The Bertz CT molecular complexity index is 432. The zero-order valence-electron chi connectivity index (χ0n) is 9.02. The summed E-state index contributed by atoms with van der Waals surface area (Å²) in [6.07, 6.45) is -2.58. The van der Waals surface area contributed by atoms with Gasteiger partial charge >= 0.3 is 5.97 Å². The van der Waals surface area contributed by atoms with E-state index < -0.39 is 23.8 Å². The lowest BCUT2D eigenvalue weighted by atomic mass is 10.0. The topological polar surface area (TPSA) is 72.6 Å². The molecule has 0 spiro atoms. The van der Waals surface area contributed by atoms with Gasteiger partial charge in [-0.2, -0.15) is 0 Å². The number of aromatic nitrogens is 1. The molecule has 17 heavy (non-hydrogen) atoms. The van der Waals surface area contributed by atoms with Crippen molar-refractivity contribution in [2.75, 3.05) is 6.61 Å². The van der Waals surface area contributed by atoms with Gasteiger partial charge in [0, 0.05) is 6.61 Å². The summed E-state index contributed by atoms with van der Waals surface area (Å²) in [5, 5.41) is 8.74. The maximum absolute atomic E-state index is 12.6. The van der Waals surface area contributed by atoms with E-state index in [9.17, 15) is 13.6 Å². The summed E-state index contributed by atoms with van der Waals surface area (Å²) in [7, 11) is 0. The second-order valence-corrected chi connectivity index (χ2v) is 3.84. The highest BCUT2D eigenvalue weighted by molar-refractivity contribution is 5.85. The predicted octanol–water partition coefficient (Wildman–Crippen LogP) is 2.20. The first kappa shape index (κ1) is 12.0. The van der Waals surface area contributed by atoms with Gasteiger partial charge < -0.3 is 14.3 Å². The molecule has 1 aromatic heterocycles. The number of aromatic carboxylic acids is 1. The van der Waals surface area contributed by atoms with Crippen LogP contribution in [0, 0.1) is 0 Å². The van der Waals surface area contributed by atoms with E-state index >= 15 is 0 Å². The number of rotatable bonds is 3. The predicted molar refractivity (Wildman–Crippen MR) is 51.2 cm³/mol. The molecule has 1 aliphatic heterocycles. The highest BCUT2D eigenvalue weighted by Crippen LogP contribution is 2.33. The zero-order chi connectivity index (χ0) is 12.6. The van der Waals surface area contributed by atoms with E-state index in [0.717, 1.165) is 0 Å². The molecule has 1 N–H and O–H groups in total. The maximum Gasteiger partial charge on any atom is 0.374 e. The Labute approximate surface area is 95.4 Å². The molecule has 1 aromatic rings. The fourth-order valence-corrected chi connectivity index (χ4v) is 1.86. The van der Waals surface area contributed by atoms with Gasteiger partial charge in [0.2, 0.25) is 11.7 Å².